The minimum atomic E-state index is -3.08. The van der Waals surface area contributed by atoms with Crippen molar-refractivity contribution < 1.29 is 8.42 Å². The summed E-state index contributed by atoms with van der Waals surface area (Å²) in [5.74, 6) is 0.267. The first kappa shape index (κ1) is 18.3. The van der Waals surface area contributed by atoms with E-state index in [-0.39, 0.29) is 11.8 Å². The molecule has 0 aromatic heterocycles. The van der Waals surface area contributed by atoms with Crippen molar-refractivity contribution in [2.24, 2.45) is 0 Å². The summed E-state index contributed by atoms with van der Waals surface area (Å²) in [5.41, 5.74) is 0. The van der Waals surface area contributed by atoms with Crippen LogP contribution in [0.4, 0.5) is 0 Å². The van der Waals surface area contributed by atoms with Crippen molar-refractivity contribution in [3.05, 3.63) is 0 Å². The molecule has 0 aromatic carbocycles. The van der Waals surface area contributed by atoms with E-state index in [1.165, 1.54) is 0 Å². The van der Waals surface area contributed by atoms with Crippen molar-refractivity contribution in [2.45, 2.75) is 63.2 Å². The first-order valence-corrected chi connectivity index (χ1v) is 10.7. The second-order valence-corrected chi connectivity index (χ2v) is 8.61. The quantitative estimate of drug-likeness (QED) is 0.606. The highest BCUT2D eigenvalue weighted by atomic mass is 32.2. The fourth-order valence-corrected chi connectivity index (χ4v) is 4.76. The fraction of sp³-hybridized carbons (Fsp3) is 1.00. The van der Waals surface area contributed by atoms with Crippen molar-refractivity contribution >= 4 is 21.8 Å². The van der Waals surface area contributed by atoms with Gasteiger partial charge in [-0.15, -0.1) is 0 Å². The minimum absolute atomic E-state index is 0.168. The van der Waals surface area contributed by atoms with Crippen molar-refractivity contribution in [1.82, 2.24) is 10.0 Å². The third-order valence-electron chi connectivity index (χ3n) is 3.80. The first-order valence-electron chi connectivity index (χ1n) is 7.81. The summed E-state index contributed by atoms with van der Waals surface area (Å²) in [5, 5.41) is 4.02. The minimum Gasteiger partial charge on any atom is -0.317 e. The SMILES string of the molecule is CCCNCCCCS(=O)(=O)NC1CCC(SC)CC1. The van der Waals surface area contributed by atoms with Gasteiger partial charge in [-0.25, -0.2) is 13.1 Å². The van der Waals surface area contributed by atoms with Gasteiger partial charge in [-0.1, -0.05) is 6.92 Å². The average Bonchev–Trinajstić information content (AvgIpc) is 2.43. The third-order valence-corrected chi connectivity index (χ3v) is 6.45. The van der Waals surface area contributed by atoms with E-state index >= 15 is 0 Å². The van der Waals surface area contributed by atoms with Crippen LogP contribution in [0.25, 0.3) is 0 Å². The van der Waals surface area contributed by atoms with Crippen molar-refractivity contribution in [1.29, 1.82) is 0 Å². The molecule has 0 spiro atoms. The summed E-state index contributed by atoms with van der Waals surface area (Å²) in [6, 6.07) is 0.168. The van der Waals surface area contributed by atoms with E-state index in [0.29, 0.717) is 0 Å². The molecule has 0 heterocycles. The molecule has 0 saturated heterocycles. The smallest absolute Gasteiger partial charge is 0.211 e. The normalized spacial score (nSPS) is 23.9. The van der Waals surface area contributed by atoms with Crippen LogP contribution in [0.3, 0.4) is 0 Å². The van der Waals surface area contributed by atoms with Crippen LogP contribution in [0.15, 0.2) is 0 Å². The molecule has 1 aliphatic carbocycles. The van der Waals surface area contributed by atoms with Gasteiger partial charge in [0, 0.05) is 11.3 Å². The zero-order valence-electron chi connectivity index (χ0n) is 12.9. The van der Waals surface area contributed by atoms with E-state index in [1.807, 2.05) is 11.8 Å². The largest absolute Gasteiger partial charge is 0.317 e. The van der Waals surface area contributed by atoms with Gasteiger partial charge < -0.3 is 5.32 Å². The zero-order valence-corrected chi connectivity index (χ0v) is 14.5. The molecule has 0 amide bonds. The Morgan fingerprint density at radius 1 is 1.10 bits per heavy atom. The van der Waals surface area contributed by atoms with Crippen LogP contribution in [0, 0.1) is 0 Å². The Morgan fingerprint density at radius 3 is 2.40 bits per heavy atom. The predicted molar refractivity (Wildman–Crippen MR) is 88.9 cm³/mol. The molecule has 4 nitrogen and oxygen atoms in total. The van der Waals surface area contributed by atoms with Gasteiger partial charge in [0.1, 0.15) is 0 Å². The highest BCUT2D eigenvalue weighted by Crippen LogP contribution is 2.27. The molecule has 1 fully saturated rings. The lowest BCUT2D eigenvalue weighted by Gasteiger charge is -2.27. The molecule has 0 bridgehead atoms. The van der Waals surface area contributed by atoms with Crippen LogP contribution in [0.5, 0.6) is 0 Å². The summed E-state index contributed by atoms with van der Waals surface area (Å²) in [7, 11) is -3.08. The van der Waals surface area contributed by atoms with E-state index in [2.05, 4.69) is 23.2 Å². The molecule has 1 saturated carbocycles. The molecular weight excluding hydrogens is 292 g/mol. The molecule has 120 valence electrons. The summed E-state index contributed by atoms with van der Waals surface area (Å²) in [4.78, 5) is 0. The molecule has 1 rings (SSSR count). The zero-order chi connectivity index (χ0) is 14.8. The Hall–Kier alpha value is 0.220. The van der Waals surface area contributed by atoms with Gasteiger partial charge in [0.25, 0.3) is 0 Å². The summed E-state index contributed by atoms with van der Waals surface area (Å²) < 4.78 is 26.9. The average molecular weight is 323 g/mol. The molecule has 20 heavy (non-hydrogen) atoms. The highest BCUT2D eigenvalue weighted by molar-refractivity contribution is 7.99. The fourth-order valence-electron chi connectivity index (χ4n) is 2.57. The van der Waals surface area contributed by atoms with Gasteiger partial charge in [0.15, 0.2) is 0 Å². The molecular formula is C14H30N2O2S2. The third kappa shape index (κ3) is 7.86. The second-order valence-electron chi connectivity index (χ2n) is 5.60. The van der Waals surface area contributed by atoms with Crippen molar-refractivity contribution in [3.8, 4) is 0 Å². The highest BCUT2D eigenvalue weighted by Gasteiger charge is 2.23. The number of nitrogens with one attached hydrogen (secondary N) is 2. The van der Waals surface area contributed by atoms with Gasteiger partial charge in [-0.05, 0) is 64.3 Å². The molecule has 1 aliphatic rings. The molecule has 0 aromatic rings. The number of rotatable bonds is 10. The second kappa shape index (κ2) is 10.0. The Bertz CT molecular complexity index is 339. The number of unbranched alkanes of at least 4 members (excludes halogenated alkanes) is 1. The van der Waals surface area contributed by atoms with Crippen LogP contribution in [0.1, 0.15) is 51.9 Å². The lowest BCUT2D eigenvalue weighted by Crippen LogP contribution is -2.39. The number of hydrogen-bond acceptors (Lipinski definition) is 4. The molecule has 6 heteroatoms. The summed E-state index contributed by atoms with van der Waals surface area (Å²) in [6.45, 7) is 4.07. The molecule has 0 atom stereocenters. The van der Waals surface area contributed by atoms with Crippen LogP contribution < -0.4 is 10.0 Å². The Kier molecular flexibility index (Phi) is 9.16. The number of sulfonamides is 1. The van der Waals surface area contributed by atoms with Gasteiger partial charge >= 0.3 is 0 Å². The van der Waals surface area contributed by atoms with Gasteiger partial charge in [-0.3, -0.25) is 0 Å². The van der Waals surface area contributed by atoms with Gasteiger partial charge in [0.05, 0.1) is 5.75 Å². The van der Waals surface area contributed by atoms with E-state index in [9.17, 15) is 8.42 Å². The van der Waals surface area contributed by atoms with Crippen LogP contribution in [-0.4, -0.2) is 44.8 Å². The molecule has 0 aliphatic heterocycles. The number of thioether (sulfide) groups is 1. The standard InChI is InChI=1S/C14H30N2O2S2/c1-3-10-15-11-4-5-12-20(17,18)16-13-6-8-14(19-2)9-7-13/h13-16H,3-12H2,1-2H3. The maximum absolute atomic E-state index is 12.0. The van der Waals surface area contributed by atoms with Crippen molar-refractivity contribution in [2.75, 3.05) is 25.1 Å². The van der Waals surface area contributed by atoms with Gasteiger partial charge in [0.2, 0.25) is 10.0 Å². The van der Waals surface area contributed by atoms with Crippen LogP contribution >= 0.6 is 11.8 Å². The van der Waals surface area contributed by atoms with Crippen molar-refractivity contribution in [3.63, 3.8) is 0 Å². The maximum atomic E-state index is 12.0. The Morgan fingerprint density at radius 2 is 1.80 bits per heavy atom. The van der Waals surface area contributed by atoms with E-state index in [4.69, 9.17) is 0 Å². The molecule has 0 radical (unpaired) electrons. The monoisotopic (exact) mass is 322 g/mol. The molecule has 2 N–H and O–H groups in total. The van der Waals surface area contributed by atoms with E-state index in [0.717, 1.165) is 63.3 Å². The predicted octanol–water partition coefficient (Wildman–Crippen LogP) is 2.36. The lowest BCUT2D eigenvalue weighted by molar-refractivity contribution is 0.419. The van der Waals surface area contributed by atoms with Crippen LogP contribution in [0.2, 0.25) is 0 Å². The summed E-state index contributed by atoms with van der Waals surface area (Å²) in [6.07, 6.45) is 9.18. The van der Waals surface area contributed by atoms with Gasteiger partial charge in [-0.2, -0.15) is 11.8 Å². The van der Waals surface area contributed by atoms with Crippen LogP contribution in [-0.2, 0) is 10.0 Å². The first-order chi connectivity index (χ1) is 9.57. The van der Waals surface area contributed by atoms with E-state index in [1.54, 1.807) is 0 Å². The maximum Gasteiger partial charge on any atom is 0.211 e. The number of hydrogen-bond donors (Lipinski definition) is 2. The molecule has 0 unspecified atom stereocenters. The topological polar surface area (TPSA) is 58.2 Å². The summed E-state index contributed by atoms with van der Waals surface area (Å²) >= 11 is 1.90. The lowest BCUT2D eigenvalue weighted by atomic mass is 9.96. The van der Waals surface area contributed by atoms with E-state index < -0.39 is 10.0 Å². The Balaban J connectivity index is 2.15. The Labute approximate surface area is 128 Å².